The summed E-state index contributed by atoms with van der Waals surface area (Å²) in [7, 11) is 0. The third kappa shape index (κ3) is 1.85. The van der Waals surface area contributed by atoms with Gasteiger partial charge in [-0.15, -0.1) is 0 Å². The smallest absolute Gasteiger partial charge is 0.269 e. The largest absolute Gasteiger partial charge is 0.364 e. The zero-order valence-corrected chi connectivity index (χ0v) is 9.88. The molecule has 4 nitrogen and oxygen atoms in total. The van der Waals surface area contributed by atoms with E-state index in [9.17, 15) is 9.18 Å². The third-order valence-electron chi connectivity index (χ3n) is 2.86. The Balaban J connectivity index is 2.33. The molecule has 0 bridgehead atoms. The maximum Gasteiger partial charge on any atom is 0.269 e. The number of fused-ring (bicyclic) bond motifs is 1. The molecule has 0 aliphatic carbocycles. The molecule has 0 spiro atoms. The molecule has 0 saturated carbocycles. The van der Waals surface area contributed by atoms with Crippen LogP contribution in [0.3, 0.4) is 0 Å². The molecule has 2 aromatic heterocycles. The number of halogens is 1. The summed E-state index contributed by atoms with van der Waals surface area (Å²) in [5.41, 5.74) is 6.69. The molecular formula is C14H10FN3O. The molecule has 5 heteroatoms. The molecule has 0 fully saturated rings. The summed E-state index contributed by atoms with van der Waals surface area (Å²) in [6.07, 6.45) is 1.76. The van der Waals surface area contributed by atoms with Crippen LogP contribution in [0.2, 0.25) is 0 Å². The molecule has 2 heterocycles. The van der Waals surface area contributed by atoms with E-state index in [0.717, 1.165) is 0 Å². The van der Waals surface area contributed by atoms with E-state index < -0.39 is 5.91 Å². The second kappa shape index (κ2) is 4.20. The highest BCUT2D eigenvalue weighted by atomic mass is 19.1. The second-order valence-electron chi connectivity index (χ2n) is 4.11. The molecule has 0 aliphatic rings. The summed E-state index contributed by atoms with van der Waals surface area (Å²) < 4.78 is 15.0. The maximum atomic E-state index is 13.3. The molecule has 0 saturated heterocycles. The Kier molecular flexibility index (Phi) is 2.52. The molecule has 19 heavy (non-hydrogen) atoms. The van der Waals surface area contributed by atoms with Gasteiger partial charge in [0.25, 0.3) is 5.91 Å². The highest BCUT2D eigenvalue weighted by Gasteiger charge is 2.15. The van der Waals surface area contributed by atoms with Crippen molar-refractivity contribution in [2.75, 3.05) is 0 Å². The van der Waals surface area contributed by atoms with Gasteiger partial charge < -0.3 is 5.73 Å². The quantitative estimate of drug-likeness (QED) is 0.763. The van der Waals surface area contributed by atoms with Gasteiger partial charge in [0.15, 0.2) is 5.69 Å². The molecule has 0 atom stereocenters. The maximum absolute atomic E-state index is 13.3. The van der Waals surface area contributed by atoms with Crippen molar-refractivity contribution >= 4 is 11.4 Å². The number of amides is 1. The predicted octanol–water partition coefficient (Wildman–Crippen LogP) is 2.24. The van der Waals surface area contributed by atoms with Crippen molar-refractivity contribution < 1.29 is 9.18 Å². The molecule has 1 amide bonds. The van der Waals surface area contributed by atoms with Gasteiger partial charge >= 0.3 is 0 Å². The van der Waals surface area contributed by atoms with Crippen LogP contribution < -0.4 is 5.73 Å². The minimum Gasteiger partial charge on any atom is -0.364 e. The number of hydrogen-bond donors (Lipinski definition) is 1. The summed E-state index contributed by atoms with van der Waals surface area (Å²) in [6.45, 7) is 0. The molecule has 94 valence electrons. The number of pyridine rings is 1. The van der Waals surface area contributed by atoms with Gasteiger partial charge in [-0.3, -0.25) is 9.20 Å². The van der Waals surface area contributed by atoms with Crippen LogP contribution in [0.1, 0.15) is 10.5 Å². The van der Waals surface area contributed by atoms with Crippen LogP contribution in [0.4, 0.5) is 4.39 Å². The van der Waals surface area contributed by atoms with E-state index in [-0.39, 0.29) is 11.5 Å². The van der Waals surface area contributed by atoms with Crippen molar-refractivity contribution in [2.24, 2.45) is 5.73 Å². The van der Waals surface area contributed by atoms with Gasteiger partial charge in [-0.25, -0.2) is 9.37 Å². The van der Waals surface area contributed by atoms with Gasteiger partial charge in [0, 0.05) is 11.8 Å². The Morgan fingerprint density at radius 2 is 2.05 bits per heavy atom. The van der Waals surface area contributed by atoms with Crippen molar-refractivity contribution in [3.05, 3.63) is 60.2 Å². The van der Waals surface area contributed by atoms with Gasteiger partial charge in [-0.2, -0.15) is 0 Å². The molecule has 1 aromatic carbocycles. The molecule has 0 aliphatic heterocycles. The number of nitrogens with zero attached hydrogens (tertiary/aromatic N) is 2. The lowest BCUT2D eigenvalue weighted by Gasteiger charge is -2.00. The Morgan fingerprint density at radius 3 is 2.79 bits per heavy atom. The summed E-state index contributed by atoms with van der Waals surface area (Å²) in [5.74, 6) is -0.471. The van der Waals surface area contributed by atoms with Gasteiger partial charge in [0.2, 0.25) is 0 Å². The van der Waals surface area contributed by atoms with Crippen molar-refractivity contribution in [3.63, 3.8) is 0 Å². The normalized spacial score (nSPS) is 10.8. The first-order chi connectivity index (χ1) is 9.16. The fourth-order valence-corrected chi connectivity index (χ4v) is 2.05. The minimum absolute atomic E-state index is 0.180. The Hall–Kier alpha value is -2.69. The molecule has 3 rings (SSSR count). The lowest BCUT2D eigenvalue weighted by Crippen LogP contribution is -2.11. The van der Waals surface area contributed by atoms with E-state index in [1.54, 1.807) is 34.9 Å². The number of carbonyl (C=O) groups is 1. The fraction of sp³-hybridized carbons (Fsp3) is 0. The van der Waals surface area contributed by atoms with E-state index in [2.05, 4.69) is 4.98 Å². The van der Waals surface area contributed by atoms with Crippen LogP contribution in [0.25, 0.3) is 16.9 Å². The second-order valence-corrected chi connectivity index (χ2v) is 4.11. The average Bonchev–Trinajstić information content (AvgIpc) is 2.78. The van der Waals surface area contributed by atoms with Gasteiger partial charge in [-0.1, -0.05) is 18.2 Å². The number of primary amides is 1. The topological polar surface area (TPSA) is 60.4 Å². The monoisotopic (exact) mass is 255 g/mol. The van der Waals surface area contributed by atoms with Crippen molar-refractivity contribution in [2.45, 2.75) is 0 Å². The molecule has 0 radical (unpaired) electrons. The number of aromatic nitrogens is 2. The number of rotatable bonds is 2. The number of imidazole rings is 1. The third-order valence-corrected chi connectivity index (χ3v) is 2.86. The van der Waals surface area contributed by atoms with E-state index in [1.165, 1.54) is 12.1 Å². The van der Waals surface area contributed by atoms with Crippen LogP contribution in [-0.4, -0.2) is 15.3 Å². The fourth-order valence-electron chi connectivity index (χ4n) is 2.05. The Morgan fingerprint density at radius 1 is 1.21 bits per heavy atom. The number of carbonyl (C=O) groups excluding carboxylic acids is 1. The summed E-state index contributed by atoms with van der Waals surface area (Å²) >= 11 is 0. The van der Waals surface area contributed by atoms with Gasteiger partial charge in [0.05, 0.1) is 5.52 Å². The molecular weight excluding hydrogens is 245 g/mol. The van der Waals surface area contributed by atoms with Gasteiger partial charge in [-0.05, 0) is 24.3 Å². The zero-order chi connectivity index (χ0) is 13.4. The number of hydrogen-bond acceptors (Lipinski definition) is 2. The Labute approximate surface area is 108 Å². The zero-order valence-electron chi connectivity index (χ0n) is 9.88. The predicted molar refractivity (Wildman–Crippen MR) is 69.1 cm³/mol. The average molecular weight is 255 g/mol. The SMILES string of the molecule is NC(=O)c1nc(-c2cccc(F)c2)n2ccccc12. The van der Waals surface area contributed by atoms with Crippen LogP contribution in [0, 0.1) is 5.82 Å². The van der Waals surface area contributed by atoms with E-state index >= 15 is 0 Å². The van der Waals surface area contributed by atoms with E-state index in [1.807, 2.05) is 6.07 Å². The standard InChI is InChI=1S/C14H10FN3O/c15-10-5-3-4-9(8-10)14-17-12(13(16)19)11-6-1-2-7-18(11)14/h1-8H,(H2,16,19). The van der Waals surface area contributed by atoms with E-state index in [4.69, 9.17) is 5.73 Å². The number of nitrogens with two attached hydrogens (primary N) is 1. The Bertz CT molecular complexity index is 779. The summed E-state index contributed by atoms with van der Waals surface area (Å²) in [6, 6.07) is 11.4. The first kappa shape index (κ1) is 11.4. The molecule has 2 N–H and O–H groups in total. The summed E-state index contributed by atoms with van der Waals surface area (Å²) in [5, 5.41) is 0. The van der Waals surface area contributed by atoms with Crippen LogP contribution in [-0.2, 0) is 0 Å². The lowest BCUT2D eigenvalue weighted by atomic mass is 10.2. The van der Waals surface area contributed by atoms with E-state index in [0.29, 0.717) is 16.9 Å². The summed E-state index contributed by atoms with van der Waals surface area (Å²) in [4.78, 5) is 15.6. The lowest BCUT2D eigenvalue weighted by molar-refractivity contribution is 0.0997. The minimum atomic E-state index is -0.605. The van der Waals surface area contributed by atoms with Crippen LogP contribution >= 0.6 is 0 Å². The number of benzene rings is 1. The first-order valence-electron chi connectivity index (χ1n) is 5.69. The van der Waals surface area contributed by atoms with Gasteiger partial charge in [0.1, 0.15) is 11.6 Å². The highest BCUT2D eigenvalue weighted by Crippen LogP contribution is 2.23. The van der Waals surface area contributed by atoms with Crippen molar-refractivity contribution in [1.82, 2.24) is 9.38 Å². The van der Waals surface area contributed by atoms with Crippen molar-refractivity contribution in [1.29, 1.82) is 0 Å². The molecule has 3 aromatic rings. The van der Waals surface area contributed by atoms with Crippen LogP contribution in [0.15, 0.2) is 48.7 Å². The molecule has 0 unspecified atom stereocenters. The first-order valence-corrected chi connectivity index (χ1v) is 5.69. The highest BCUT2D eigenvalue weighted by molar-refractivity contribution is 5.98. The van der Waals surface area contributed by atoms with Crippen molar-refractivity contribution in [3.8, 4) is 11.4 Å². The van der Waals surface area contributed by atoms with Crippen LogP contribution in [0.5, 0.6) is 0 Å².